The molecule has 0 radical (unpaired) electrons. The molecule has 2 nitrogen and oxygen atoms in total. The number of hydrogen-bond donors (Lipinski definition) is 1. The molecule has 1 aliphatic rings. The van der Waals surface area contributed by atoms with E-state index in [0.717, 1.165) is 7.11 Å². The van der Waals surface area contributed by atoms with Crippen LogP contribution in [0.4, 0.5) is 13.2 Å². The molecule has 0 aromatic heterocycles. The minimum atomic E-state index is -4.31. The Bertz CT molecular complexity index is 188. The van der Waals surface area contributed by atoms with Gasteiger partial charge in [-0.2, -0.15) is 13.2 Å². The summed E-state index contributed by atoms with van der Waals surface area (Å²) in [6.45, 7) is 0. The first kappa shape index (κ1) is 14.0. The van der Waals surface area contributed by atoms with E-state index in [9.17, 15) is 13.2 Å². The van der Waals surface area contributed by atoms with Crippen LogP contribution in [-0.4, -0.2) is 24.9 Å². The molecule has 6 heteroatoms. The predicted molar refractivity (Wildman–Crippen MR) is 49.5 cm³/mol. The minimum absolute atomic E-state index is 0. The first-order valence-electron chi connectivity index (χ1n) is 4.29. The molecule has 0 spiro atoms. The summed E-state index contributed by atoms with van der Waals surface area (Å²) in [5.74, 6) is 0. The molecular weight excluding hydrogens is 219 g/mol. The highest BCUT2D eigenvalue weighted by atomic mass is 35.5. The number of methoxy groups -OCH3 is 1. The van der Waals surface area contributed by atoms with Crippen molar-refractivity contribution in [2.45, 2.75) is 43.5 Å². The van der Waals surface area contributed by atoms with Crippen molar-refractivity contribution >= 4 is 12.4 Å². The van der Waals surface area contributed by atoms with E-state index in [0.29, 0.717) is 12.8 Å². The van der Waals surface area contributed by atoms with Crippen molar-refractivity contribution in [1.82, 2.24) is 0 Å². The molecular formula is C8H15ClF3NO. The monoisotopic (exact) mass is 233 g/mol. The first-order chi connectivity index (χ1) is 5.91. The molecule has 0 amide bonds. The zero-order valence-corrected chi connectivity index (χ0v) is 8.75. The maximum absolute atomic E-state index is 12.6. The zero-order valence-electron chi connectivity index (χ0n) is 7.93. The third kappa shape index (κ3) is 2.52. The van der Waals surface area contributed by atoms with Crippen LogP contribution in [0.25, 0.3) is 0 Å². The van der Waals surface area contributed by atoms with Crippen LogP contribution in [0.15, 0.2) is 0 Å². The van der Waals surface area contributed by atoms with Gasteiger partial charge in [0.2, 0.25) is 0 Å². The summed E-state index contributed by atoms with van der Waals surface area (Å²) in [5.41, 5.74) is 3.51. The van der Waals surface area contributed by atoms with Gasteiger partial charge in [-0.05, 0) is 19.3 Å². The van der Waals surface area contributed by atoms with Gasteiger partial charge in [0.15, 0.2) is 5.60 Å². The van der Waals surface area contributed by atoms with Crippen LogP contribution in [0.3, 0.4) is 0 Å². The molecule has 0 bridgehead atoms. The third-order valence-electron chi connectivity index (χ3n) is 2.65. The van der Waals surface area contributed by atoms with Gasteiger partial charge in [0.1, 0.15) is 0 Å². The quantitative estimate of drug-likeness (QED) is 0.754. The Kier molecular flexibility index (Phi) is 4.68. The number of nitrogens with two attached hydrogens (primary N) is 1. The highest BCUT2D eigenvalue weighted by Crippen LogP contribution is 2.43. The van der Waals surface area contributed by atoms with E-state index in [1.165, 1.54) is 0 Å². The first-order valence-corrected chi connectivity index (χ1v) is 4.29. The van der Waals surface area contributed by atoms with Crippen molar-refractivity contribution in [3.63, 3.8) is 0 Å². The van der Waals surface area contributed by atoms with E-state index in [1.54, 1.807) is 0 Å². The van der Waals surface area contributed by atoms with E-state index in [4.69, 9.17) is 5.73 Å². The summed E-state index contributed by atoms with van der Waals surface area (Å²) in [6, 6.07) is -0.393. The number of ether oxygens (including phenoxy) is 1. The Hall–Kier alpha value is 0. The standard InChI is InChI=1S/C8H14F3NO.ClH/c1-13-7(8(9,10)11)4-2-3-6(12)5-7;/h6H,2-5,12H2,1H3;1H. The highest BCUT2D eigenvalue weighted by molar-refractivity contribution is 5.85. The smallest absolute Gasteiger partial charge is 0.369 e. The van der Waals surface area contributed by atoms with Gasteiger partial charge in [-0.3, -0.25) is 0 Å². The van der Waals surface area contributed by atoms with Gasteiger partial charge >= 0.3 is 6.18 Å². The summed E-state index contributed by atoms with van der Waals surface area (Å²) in [6.07, 6.45) is -3.26. The van der Waals surface area contributed by atoms with Crippen LogP contribution in [0, 0.1) is 0 Å². The minimum Gasteiger partial charge on any atom is -0.369 e. The van der Waals surface area contributed by atoms with Gasteiger partial charge < -0.3 is 10.5 Å². The van der Waals surface area contributed by atoms with Crippen LogP contribution >= 0.6 is 12.4 Å². The summed E-state index contributed by atoms with van der Waals surface area (Å²) in [4.78, 5) is 0. The number of alkyl halides is 3. The van der Waals surface area contributed by atoms with E-state index >= 15 is 0 Å². The normalized spacial score (nSPS) is 33.6. The fourth-order valence-electron chi connectivity index (χ4n) is 1.84. The topological polar surface area (TPSA) is 35.2 Å². The summed E-state index contributed by atoms with van der Waals surface area (Å²) >= 11 is 0. The van der Waals surface area contributed by atoms with Gasteiger partial charge in [0, 0.05) is 19.6 Å². The summed E-state index contributed by atoms with van der Waals surface area (Å²) < 4.78 is 42.4. The van der Waals surface area contributed by atoms with Gasteiger partial charge in [-0.15, -0.1) is 12.4 Å². The second-order valence-electron chi connectivity index (χ2n) is 3.55. The molecule has 0 aliphatic heterocycles. The Morgan fingerprint density at radius 3 is 2.29 bits per heavy atom. The van der Waals surface area contributed by atoms with E-state index < -0.39 is 17.8 Å². The average molecular weight is 234 g/mol. The molecule has 14 heavy (non-hydrogen) atoms. The molecule has 2 atom stereocenters. The van der Waals surface area contributed by atoms with E-state index in [-0.39, 0.29) is 25.2 Å². The number of hydrogen-bond acceptors (Lipinski definition) is 2. The summed E-state index contributed by atoms with van der Waals surface area (Å²) in [7, 11) is 1.10. The SMILES string of the molecule is COC1(C(F)(F)F)CCCC(N)C1.Cl. The van der Waals surface area contributed by atoms with Crippen LogP contribution in [0.2, 0.25) is 0 Å². The lowest BCUT2D eigenvalue weighted by molar-refractivity contribution is -0.280. The number of rotatable bonds is 1. The molecule has 0 heterocycles. The predicted octanol–water partition coefficient (Wildman–Crippen LogP) is 2.26. The van der Waals surface area contributed by atoms with Crippen molar-refractivity contribution < 1.29 is 17.9 Å². The highest BCUT2D eigenvalue weighted by Gasteiger charge is 2.56. The Balaban J connectivity index is 0.00000169. The molecule has 0 saturated heterocycles. The van der Waals surface area contributed by atoms with Crippen molar-refractivity contribution in [3.8, 4) is 0 Å². The second kappa shape index (κ2) is 4.68. The Morgan fingerprint density at radius 1 is 1.43 bits per heavy atom. The molecule has 2 unspecified atom stereocenters. The Morgan fingerprint density at radius 2 is 2.00 bits per heavy atom. The molecule has 1 rings (SSSR count). The van der Waals surface area contributed by atoms with Crippen molar-refractivity contribution in [2.24, 2.45) is 5.73 Å². The van der Waals surface area contributed by atoms with E-state index in [1.807, 2.05) is 0 Å². The molecule has 0 aromatic rings. The Labute approximate surface area is 87.4 Å². The van der Waals surface area contributed by atoms with Gasteiger partial charge in [0.05, 0.1) is 0 Å². The van der Waals surface area contributed by atoms with Gasteiger partial charge in [-0.25, -0.2) is 0 Å². The zero-order chi connectivity index (χ0) is 10.1. The lowest BCUT2D eigenvalue weighted by atomic mass is 9.81. The fourth-order valence-corrected chi connectivity index (χ4v) is 1.84. The number of halogens is 4. The van der Waals surface area contributed by atoms with Gasteiger partial charge in [-0.1, -0.05) is 0 Å². The molecule has 1 saturated carbocycles. The lowest BCUT2D eigenvalue weighted by Crippen LogP contribution is -2.53. The largest absolute Gasteiger partial charge is 0.417 e. The van der Waals surface area contributed by atoms with Crippen LogP contribution in [0.1, 0.15) is 25.7 Å². The van der Waals surface area contributed by atoms with E-state index in [2.05, 4.69) is 4.74 Å². The molecule has 0 aromatic carbocycles. The van der Waals surface area contributed by atoms with Crippen molar-refractivity contribution in [2.75, 3.05) is 7.11 Å². The maximum atomic E-state index is 12.6. The van der Waals surface area contributed by atoms with Crippen LogP contribution in [-0.2, 0) is 4.74 Å². The maximum Gasteiger partial charge on any atom is 0.417 e. The van der Waals surface area contributed by atoms with Crippen molar-refractivity contribution in [3.05, 3.63) is 0 Å². The molecule has 2 N–H and O–H groups in total. The molecule has 1 fully saturated rings. The second-order valence-corrected chi connectivity index (χ2v) is 3.55. The molecule has 86 valence electrons. The molecule has 1 aliphatic carbocycles. The summed E-state index contributed by atoms with van der Waals surface area (Å²) in [5, 5.41) is 0. The van der Waals surface area contributed by atoms with Crippen LogP contribution in [0.5, 0.6) is 0 Å². The third-order valence-corrected chi connectivity index (χ3v) is 2.65. The van der Waals surface area contributed by atoms with Crippen molar-refractivity contribution in [1.29, 1.82) is 0 Å². The van der Waals surface area contributed by atoms with Gasteiger partial charge in [0.25, 0.3) is 0 Å². The fraction of sp³-hybridized carbons (Fsp3) is 1.00. The lowest BCUT2D eigenvalue weighted by Gasteiger charge is -2.39. The average Bonchev–Trinajstić information content (AvgIpc) is 2.02. The van der Waals surface area contributed by atoms with Crippen LogP contribution < -0.4 is 5.73 Å².